The first kappa shape index (κ1) is 17.4. The van der Waals surface area contributed by atoms with Crippen LogP contribution in [0.1, 0.15) is 52.8 Å². The summed E-state index contributed by atoms with van der Waals surface area (Å²) in [5, 5.41) is 10.7. The molecule has 2 heteroatoms. The van der Waals surface area contributed by atoms with Gasteiger partial charge in [-0.3, -0.25) is 4.98 Å². The standard InChI is InChI=1S/C13H15NO.2C2H6/c1-3-9-8-10(4-2)14-11-6-5-7-12(15)13(9)11;2*1-2/h5-8,15H,3-4H2,1-2H3;2*1-2H3. The maximum absolute atomic E-state index is 9.81. The smallest absolute Gasteiger partial charge is 0.125 e. The molecule has 2 rings (SSSR count). The Labute approximate surface area is 117 Å². The predicted molar refractivity (Wildman–Crippen MR) is 84.9 cm³/mol. The summed E-state index contributed by atoms with van der Waals surface area (Å²) in [6.07, 6.45) is 1.85. The minimum Gasteiger partial charge on any atom is -0.507 e. The van der Waals surface area contributed by atoms with E-state index >= 15 is 0 Å². The summed E-state index contributed by atoms with van der Waals surface area (Å²) in [4.78, 5) is 4.50. The Hall–Kier alpha value is -1.57. The van der Waals surface area contributed by atoms with Gasteiger partial charge >= 0.3 is 0 Å². The topological polar surface area (TPSA) is 33.1 Å². The number of nitrogens with zero attached hydrogens (tertiary/aromatic N) is 1. The first-order valence-electron chi connectivity index (χ1n) is 7.36. The monoisotopic (exact) mass is 261 g/mol. The number of fused-ring (bicyclic) bond motifs is 1. The molecule has 0 atom stereocenters. The number of aromatic hydroxyl groups is 1. The molecule has 2 aromatic rings. The molecule has 0 amide bonds. The lowest BCUT2D eigenvalue weighted by Crippen LogP contribution is -1.93. The van der Waals surface area contributed by atoms with Gasteiger partial charge in [0, 0.05) is 11.1 Å². The van der Waals surface area contributed by atoms with Gasteiger partial charge in [-0.15, -0.1) is 0 Å². The van der Waals surface area contributed by atoms with Crippen molar-refractivity contribution in [2.24, 2.45) is 0 Å². The van der Waals surface area contributed by atoms with Gasteiger partial charge in [-0.05, 0) is 36.6 Å². The van der Waals surface area contributed by atoms with E-state index in [0.29, 0.717) is 5.75 Å². The lowest BCUT2D eigenvalue weighted by molar-refractivity contribution is 0.481. The number of hydrogen-bond acceptors (Lipinski definition) is 2. The predicted octanol–water partition coefficient (Wildman–Crippen LogP) is 5.12. The fourth-order valence-corrected chi connectivity index (χ4v) is 1.87. The zero-order chi connectivity index (χ0) is 14.8. The van der Waals surface area contributed by atoms with E-state index in [2.05, 4.69) is 24.9 Å². The lowest BCUT2D eigenvalue weighted by Gasteiger charge is -2.08. The summed E-state index contributed by atoms with van der Waals surface area (Å²) < 4.78 is 0. The number of benzene rings is 1. The lowest BCUT2D eigenvalue weighted by atomic mass is 10.0. The highest BCUT2D eigenvalue weighted by atomic mass is 16.3. The second kappa shape index (κ2) is 9.37. The van der Waals surface area contributed by atoms with Gasteiger partial charge in [0.2, 0.25) is 0 Å². The van der Waals surface area contributed by atoms with E-state index in [1.165, 1.54) is 5.56 Å². The van der Waals surface area contributed by atoms with Crippen LogP contribution in [-0.4, -0.2) is 10.1 Å². The van der Waals surface area contributed by atoms with Crippen LogP contribution in [0.3, 0.4) is 0 Å². The molecule has 1 aromatic carbocycles. The number of phenolic OH excluding ortho intramolecular Hbond substituents is 1. The Bertz CT molecular complexity index is 492. The Balaban J connectivity index is 0.000000741. The number of pyridine rings is 1. The Morgan fingerprint density at radius 3 is 2.16 bits per heavy atom. The number of phenols is 1. The zero-order valence-electron chi connectivity index (χ0n) is 13.1. The second-order valence-electron chi connectivity index (χ2n) is 3.65. The van der Waals surface area contributed by atoms with Crippen molar-refractivity contribution in [1.82, 2.24) is 4.98 Å². The Morgan fingerprint density at radius 1 is 1.00 bits per heavy atom. The second-order valence-corrected chi connectivity index (χ2v) is 3.65. The maximum Gasteiger partial charge on any atom is 0.125 e. The average molecular weight is 261 g/mol. The number of aryl methyl sites for hydroxylation is 2. The molecule has 106 valence electrons. The normalized spacial score (nSPS) is 9.16. The third-order valence-electron chi connectivity index (χ3n) is 2.69. The molecule has 0 bridgehead atoms. The molecule has 0 spiro atoms. The van der Waals surface area contributed by atoms with Crippen LogP contribution < -0.4 is 0 Å². The van der Waals surface area contributed by atoms with Crippen LogP contribution in [0, 0.1) is 0 Å². The molecule has 0 unspecified atom stereocenters. The van der Waals surface area contributed by atoms with E-state index in [-0.39, 0.29) is 0 Å². The van der Waals surface area contributed by atoms with Gasteiger partial charge in [0.15, 0.2) is 0 Å². The van der Waals surface area contributed by atoms with Gasteiger partial charge in [0.05, 0.1) is 5.52 Å². The summed E-state index contributed by atoms with van der Waals surface area (Å²) >= 11 is 0. The van der Waals surface area contributed by atoms with Gasteiger partial charge in [-0.2, -0.15) is 0 Å². The number of rotatable bonds is 2. The summed E-state index contributed by atoms with van der Waals surface area (Å²) in [6, 6.07) is 7.59. The minimum atomic E-state index is 0.333. The summed E-state index contributed by atoms with van der Waals surface area (Å²) in [5.74, 6) is 0.333. The van der Waals surface area contributed by atoms with E-state index in [4.69, 9.17) is 0 Å². The third-order valence-corrected chi connectivity index (χ3v) is 2.69. The van der Waals surface area contributed by atoms with E-state index < -0.39 is 0 Å². The number of aromatic nitrogens is 1. The molecule has 19 heavy (non-hydrogen) atoms. The van der Waals surface area contributed by atoms with Crippen molar-refractivity contribution < 1.29 is 5.11 Å². The Kier molecular flexibility index (Phi) is 8.60. The summed E-state index contributed by atoms with van der Waals surface area (Å²) in [7, 11) is 0. The Morgan fingerprint density at radius 2 is 1.63 bits per heavy atom. The van der Waals surface area contributed by atoms with Crippen molar-refractivity contribution in [2.45, 2.75) is 54.4 Å². The van der Waals surface area contributed by atoms with E-state index in [9.17, 15) is 5.11 Å². The zero-order valence-corrected chi connectivity index (χ0v) is 13.1. The van der Waals surface area contributed by atoms with Crippen LogP contribution >= 0.6 is 0 Å². The largest absolute Gasteiger partial charge is 0.507 e. The molecule has 0 saturated heterocycles. The van der Waals surface area contributed by atoms with E-state index in [1.807, 2.05) is 39.8 Å². The molecule has 0 aliphatic heterocycles. The van der Waals surface area contributed by atoms with Crippen molar-refractivity contribution in [3.8, 4) is 5.75 Å². The summed E-state index contributed by atoms with van der Waals surface area (Å²) in [5.41, 5.74) is 3.16. The van der Waals surface area contributed by atoms with Crippen LogP contribution in [0.25, 0.3) is 10.9 Å². The molecule has 0 aliphatic rings. The molecule has 0 radical (unpaired) electrons. The fraction of sp³-hybridized carbons (Fsp3) is 0.471. The average Bonchev–Trinajstić information content (AvgIpc) is 2.50. The first-order chi connectivity index (χ1) is 9.26. The van der Waals surface area contributed by atoms with Crippen LogP contribution in [0.5, 0.6) is 5.75 Å². The molecule has 1 aromatic heterocycles. The summed E-state index contributed by atoms with van der Waals surface area (Å²) in [6.45, 7) is 12.2. The van der Waals surface area contributed by atoms with Gasteiger partial charge in [0.1, 0.15) is 5.75 Å². The van der Waals surface area contributed by atoms with Crippen LogP contribution in [-0.2, 0) is 12.8 Å². The van der Waals surface area contributed by atoms with Crippen LogP contribution in [0.2, 0.25) is 0 Å². The van der Waals surface area contributed by atoms with Crippen LogP contribution in [0.4, 0.5) is 0 Å². The van der Waals surface area contributed by atoms with Gasteiger partial charge in [-0.1, -0.05) is 47.6 Å². The molecule has 1 N–H and O–H groups in total. The molecule has 2 nitrogen and oxygen atoms in total. The van der Waals surface area contributed by atoms with Gasteiger partial charge < -0.3 is 5.11 Å². The molecular weight excluding hydrogens is 234 g/mol. The highest BCUT2D eigenvalue weighted by molar-refractivity contribution is 5.88. The SMILES string of the molecule is CC.CC.CCc1cc(CC)c2c(O)cccc2n1. The van der Waals surface area contributed by atoms with Gasteiger partial charge in [0.25, 0.3) is 0 Å². The van der Waals surface area contributed by atoms with E-state index in [0.717, 1.165) is 29.4 Å². The third kappa shape index (κ3) is 4.23. The van der Waals surface area contributed by atoms with Crippen LogP contribution in [0.15, 0.2) is 24.3 Å². The van der Waals surface area contributed by atoms with Crippen molar-refractivity contribution >= 4 is 10.9 Å². The minimum absolute atomic E-state index is 0.333. The molecular formula is C17H27NO. The van der Waals surface area contributed by atoms with Crippen molar-refractivity contribution in [1.29, 1.82) is 0 Å². The highest BCUT2D eigenvalue weighted by Crippen LogP contribution is 2.27. The number of hydrogen-bond donors (Lipinski definition) is 1. The molecule has 0 saturated carbocycles. The van der Waals surface area contributed by atoms with Crippen molar-refractivity contribution in [3.63, 3.8) is 0 Å². The highest BCUT2D eigenvalue weighted by Gasteiger charge is 2.07. The van der Waals surface area contributed by atoms with Crippen molar-refractivity contribution in [2.75, 3.05) is 0 Å². The fourth-order valence-electron chi connectivity index (χ4n) is 1.87. The molecule has 0 fully saturated rings. The first-order valence-corrected chi connectivity index (χ1v) is 7.36. The quantitative estimate of drug-likeness (QED) is 0.814. The van der Waals surface area contributed by atoms with E-state index in [1.54, 1.807) is 6.07 Å². The molecule has 1 heterocycles. The molecule has 0 aliphatic carbocycles. The van der Waals surface area contributed by atoms with Crippen molar-refractivity contribution in [3.05, 3.63) is 35.5 Å². The maximum atomic E-state index is 9.81. The van der Waals surface area contributed by atoms with Gasteiger partial charge in [-0.25, -0.2) is 0 Å².